The molecule has 6 nitrogen and oxygen atoms in total. The molecule has 0 saturated carbocycles. The van der Waals surface area contributed by atoms with Gasteiger partial charge in [-0.05, 0) is 37.0 Å². The van der Waals surface area contributed by atoms with E-state index in [9.17, 15) is 14.4 Å². The molecule has 1 heterocycles. The van der Waals surface area contributed by atoms with Crippen molar-refractivity contribution in [3.05, 3.63) is 29.8 Å². The van der Waals surface area contributed by atoms with E-state index in [2.05, 4.69) is 19.2 Å². The fourth-order valence-corrected chi connectivity index (χ4v) is 4.39. The van der Waals surface area contributed by atoms with E-state index in [0.717, 1.165) is 61.8 Å². The predicted octanol–water partition coefficient (Wildman–Crippen LogP) is 3.56. The lowest BCUT2D eigenvalue weighted by Crippen LogP contribution is -2.38. The Labute approximate surface area is 184 Å². The molecule has 2 rings (SSSR count). The molecule has 1 aromatic rings. The largest absolute Gasteiger partial charge is 0.343 e. The van der Waals surface area contributed by atoms with Gasteiger partial charge in [-0.3, -0.25) is 14.4 Å². The third-order valence-corrected chi connectivity index (χ3v) is 6.03. The Bertz CT molecular complexity index is 681. The maximum Gasteiger partial charge on any atom is 0.227 e. The van der Waals surface area contributed by atoms with Crippen molar-refractivity contribution in [3.8, 4) is 0 Å². The number of benzene rings is 1. The molecule has 0 spiro atoms. The van der Waals surface area contributed by atoms with Crippen molar-refractivity contribution >= 4 is 35.2 Å². The third kappa shape index (κ3) is 8.38. The van der Waals surface area contributed by atoms with E-state index in [4.69, 9.17) is 0 Å². The van der Waals surface area contributed by atoms with Gasteiger partial charge in [0.15, 0.2) is 0 Å². The van der Waals surface area contributed by atoms with Gasteiger partial charge in [0, 0.05) is 56.2 Å². The normalized spacial score (nSPS) is 13.7. The summed E-state index contributed by atoms with van der Waals surface area (Å²) in [6.45, 7) is 7.35. The van der Waals surface area contributed by atoms with Crippen molar-refractivity contribution in [1.82, 2.24) is 9.80 Å². The molecule has 1 saturated heterocycles. The van der Waals surface area contributed by atoms with Crippen LogP contribution in [0.15, 0.2) is 24.3 Å². The molecule has 0 radical (unpaired) electrons. The Hall–Kier alpha value is -2.02. The topological polar surface area (TPSA) is 69.7 Å². The van der Waals surface area contributed by atoms with Crippen molar-refractivity contribution < 1.29 is 14.4 Å². The van der Waals surface area contributed by atoms with Gasteiger partial charge in [0.05, 0.1) is 6.42 Å². The van der Waals surface area contributed by atoms with Crippen molar-refractivity contribution in [3.63, 3.8) is 0 Å². The van der Waals surface area contributed by atoms with Crippen LogP contribution in [0.5, 0.6) is 0 Å². The lowest BCUT2D eigenvalue weighted by molar-refractivity contribution is -0.131. The lowest BCUT2D eigenvalue weighted by atomic mass is 10.1. The fourth-order valence-electron chi connectivity index (χ4n) is 3.49. The van der Waals surface area contributed by atoms with Crippen LogP contribution in [-0.4, -0.2) is 65.2 Å². The van der Waals surface area contributed by atoms with Gasteiger partial charge < -0.3 is 15.1 Å². The molecule has 1 fully saturated rings. The molecule has 1 N–H and O–H groups in total. The summed E-state index contributed by atoms with van der Waals surface area (Å²) in [6, 6.07) is 7.45. The minimum absolute atomic E-state index is 0.0880. The highest BCUT2D eigenvalue weighted by Crippen LogP contribution is 2.14. The average molecular weight is 434 g/mol. The number of carbonyl (C=O) groups excluding carboxylic acids is 3. The molecule has 1 aliphatic rings. The van der Waals surface area contributed by atoms with Crippen molar-refractivity contribution in [2.45, 2.75) is 52.4 Å². The molecule has 7 heteroatoms. The summed E-state index contributed by atoms with van der Waals surface area (Å²) in [5.41, 5.74) is 1.67. The van der Waals surface area contributed by atoms with Crippen LogP contribution in [0, 0.1) is 0 Å². The zero-order valence-corrected chi connectivity index (χ0v) is 19.1. The van der Waals surface area contributed by atoms with Gasteiger partial charge in [-0.2, -0.15) is 11.8 Å². The SMILES string of the molecule is CCCN(CCC)C(=O)CCCC(=O)Nc1ccc(CC(=O)N2CCSCC2)cc1. The summed E-state index contributed by atoms with van der Waals surface area (Å²) in [6.07, 6.45) is 3.58. The van der Waals surface area contributed by atoms with Crippen LogP contribution >= 0.6 is 11.8 Å². The number of rotatable bonds is 11. The molecular weight excluding hydrogens is 398 g/mol. The molecule has 1 aromatic carbocycles. The first-order valence-corrected chi connectivity index (χ1v) is 12.2. The molecule has 0 bridgehead atoms. The van der Waals surface area contributed by atoms with E-state index in [1.54, 1.807) is 0 Å². The summed E-state index contributed by atoms with van der Waals surface area (Å²) in [4.78, 5) is 40.6. The zero-order valence-electron chi connectivity index (χ0n) is 18.3. The highest BCUT2D eigenvalue weighted by atomic mass is 32.2. The smallest absolute Gasteiger partial charge is 0.227 e. The molecule has 0 aromatic heterocycles. The van der Waals surface area contributed by atoms with Crippen molar-refractivity contribution in [2.24, 2.45) is 0 Å². The van der Waals surface area contributed by atoms with Crippen LogP contribution < -0.4 is 5.32 Å². The second-order valence-corrected chi connectivity index (χ2v) is 8.87. The fraction of sp³-hybridized carbons (Fsp3) is 0.609. The Kier molecular flexibility index (Phi) is 10.8. The Morgan fingerprint density at radius 3 is 2.23 bits per heavy atom. The van der Waals surface area contributed by atoms with Crippen LogP contribution in [0.1, 0.15) is 51.5 Å². The third-order valence-electron chi connectivity index (χ3n) is 5.09. The first-order valence-electron chi connectivity index (χ1n) is 11.1. The first-order chi connectivity index (χ1) is 14.5. The first kappa shape index (κ1) is 24.3. The monoisotopic (exact) mass is 433 g/mol. The number of anilines is 1. The van der Waals surface area contributed by atoms with E-state index >= 15 is 0 Å². The molecule has 3 amide bonds. The number of hydrogen-bond donors (Lipinski definition) is 1. The van der Waals surface area contributed by atoms with Gasteiger partial charge in [-0.15, -0.1) is 0 Å². The molecule has 0 unspecified atom stereocenters. The van der Waals surface area contributed by atoms with E-state index in [0.29, 0.717) is 25.7 Å². The highest BCUT2D eigenvalue weighted by Gasteiger charge is 2.17. The summed E-state index contributed by atoms with van der Waals surface area (Å²) >= 11 is 1.89. The average Bonchev–Trinajstić information content (AvgIpc) is 2.75. The molecule has 0 aliphatic carbocycles. The summed E-state index contributed by atoms with van der Waals surface area (Å²) in [5.74, 6) is 2.23. The van der Waals surface area contributed by atoms with Crippen LogP contribution in [0.25, 0.3) is 0 Å². The standard InChI is InChI=1S/C23H35N3O3S/c1-3-12-25(13-4-2)22(28)7-5-6-21(27)24-20-10-8-19(9-11-20)18-23(29)26-14-16-30-17-15-26/h8-11H,3-7,12-18H2,1-2H3,(H,24,27). The lowest BCUT2D eigenvalue weighted by Gasteiger charge is -2.26. The van der Waals surface area contributed by atoms with Gasteiger partial charge in [-0.1, -0.05) is 26.0 Å². The summed E-state index contributed by atoms with van der Waals surface area (Å²) in [7, 11) is 0. The summed E-state index contributed by atoms with van der Waals surface area (Å²) in [5, 5.41) is 2.88. The zero-order chi connectivity index (χ0) is 21.8. The highest BCUT2D eigenvalue weighted by molar-refractivity contribution is 7.99. The second-order valence-electron chi connectivity index (χ2n) is 7.65. The number of carbonyl (C=O) groups is 3. The van der Waals surface area contributed by atoms with Crippen LogP contribution in [0.4, 0.5) is 5.69 Å². The van der Waals surface area contributed by atoms with Crippen LogP contribution in [0.3, 0.4) is 0 Å². The van der Waals surface area contributed by atoms with E-state index in [1.807, 2.05) is 45.8 Å². The van der Waals surface area contributed by atoms with E-state index in [-0.39, 0.29) is 17.7 Å². The van der Waals surface area contributed by atoms with Crippen LogP contribution in [0.2, 0.25) is 0 Å². The van der Waals surface area contributed by atoms with E-state index in [1.165, 1.54) is 0 Å². The van der Waals surface area contributed by atoms with Gasteiger partial charge >= 0.3 is 0 Å². The van der Waals surface area contributed by atoms with Gasteiger partial charge in [0.1, 0.15) is 0 Å². The van der Waals surface area contributed by atoms with Crippen LogP contribution in [-0.2, 0) is 20.8 Å². The van der Waals surface area contributed by atoms with Crippen molar-refractivity contribution in [2.75, 3.05) is 43.0 Å². The number of nitrogens with zero attached hydrogens (tertiary/aromatic N) is 2. The summed E-state index contributed by atoms with van der Waals surface area (Å²) < 4.78 is 0. The molecule has 0 atom stereocenters. The second kappa shape index (κ2) is 13.3. The van der Waals surface area contributed by atoms with E-state index < -0.39 is 0 Å². The van der Waals surface area contributed by atoms with Gasteiger partial charge in [0.2, 0.25) is 17.7 Å². The number of nitrogens with one attached hydrogen (secondary N) is 1. The van der Waals surface area contributed by atoms with Crippen molar-refractivity contribution in [1.29, 1.82) is 0 Å². The molecular formula is C23H35N3O3S. The molecule has 1 aliphatic heterocycles. The minimum Gasteiger partial charge on any atom is -0.343 e. The number of amides is 3. The Morgan fingerprint density at radius 2 is 1.63 bits per heavy atom. The maximum absolute atomic E-state index is 12.3. The maximum atomic E-state index is 12.3. The number of thioether (sulfide) groups is 1. The minimum atomic E-state index is -0.0880. The number of hydrogen-bond acceptors (Lipinski definition) is 4. The Balaban J connectivity index is 1.72. The Morgan fingerprint density at radius 1 is 1.00 bits per heavy atom. The molecule has 30 heavy (non-hydrogen) atoms. The van der Waals surface area contributed by atoms with Gasteiger partial charge in [-0.25, -0.2) is 0 Å². The predicted molar refractivity (Wildman–Crippen MR) is 124 cm³/mol. The van der Waals surface area contributed by atoms with Gasteiger partial charge in [0.25, 0.3) is 0 Å². The quantitative estimate of drug-likeness (QED) is 0.579. The molecule has 166 valence electrons.